The minimum atomic E-state index is -0.160. The third kappa shape index (κ3) is 4.79. The van der Waals surface area contributed by atoms with E-state index in [9.17, 15) is 4.79 Å². The molecular weight excluding hydrogens is 202 g/mol. The van der Waals surface area contributed by atoms with Gasteiger partial charge in [-0.2, -0.15) is 0 Å². The number of nitrogens with zero attached hydrogens (tertiary/aromatic N) is 1. The molecule has 0 saturated carbocycles. The first-order valence-electron chi connectivity index (χ1n) is 5.34. The fourth-order valence-electron chi connectivity index (χ4n) is 1.29. The van der Waals surface area contributed by atoms with Crippen LogP contribution in [0.2, 0.25) is 0 Å². The summed E-state index contributed by atoms with van der Waals surface area (Å²) in [6, 6.07) is 7.57. The van der Waals surface area contributed by atoms with Crippen molar-refractivity contribution in [3.63, 3.8) is 0 Å². The molecule has 1 rings (SSSR count). The number of carbonyl (C=O) groups is 1. The van der Waals surface area contributed by atoms with Crippen molar-refractivity contribution < 1.29 is 4.79 Å². The van der Waals surface area contributed by atoms with E-state index < -0.39 is 0 Å². The van der Waals surface area contributed by atoms with E-state index in [0.29, 0.717) is 6.54 Å². The molecule has 0 atom stereocenters. The lowest BCUT2D eigenvalue weighted by atomic mass is 10.2. The van der Waals surface area contributed by atoms with Gasteiger partial charge in [-0.3, -0.25) is 0 Å². The van der Waals surface area contributed by atoms with Crippen LogP contribution in [0.25, 0.3) is 0 Å². The molecule has 0 spiro atoms. The second-order valence-electron chi connectivity index (χ2n) is 4.05. The summed E-state index contributed by atoms with van der Waals surface area (Å²) in [5.41, 5.74) is 1.95. The molecule has 2 N–H and O–H groups in total. The third-order valence-electron chi connectivity index (χ3n) is 2.12. The van der Waals surface area contributed by atoms with Crippen molar-refractivity contribution in [1.82, 2.24) is 10.2 Å². The number of carbonyl (C=O) groups excluding carboxylic acids is 1. The highest BCUT2D eigenvalue weighted by atomic mass is 16.2. The van der Waals surface area contributed by atoms with Gasteiger partial charge in [-0.25, -0.2) is 4.79 Å². The van der Waals surface area contributed by atoms with Crippen LogP contribution in [0.5, 0.6) is 0 Å². The van der Waals surface area contributed by atoms with Crippen molar-refractivity contribution >= 4 is 11.7 Å². The van der Waals surface area contributed by atoms with Gasteiger partial charge >= 0.3 is 6.03 Å². The minimum absolute atomic E-state index is 0.160. The summed E-state index contributed by atoms with van der Waals surface area (Å²) in [5.74, 6) is 0. The Labute approximate surface area is 96.6 Å². The van der Waals surface area contributed by atoms with Gasteiger partial charge in [0.2, 0.25) is 0 Å². The quantitative estimate of drug-likeness (QED) is 0.812. The molecule has 4 heteroatoms. The van der Waals surface area contributed by atoms with Gasteiger partial charge in [0.05, 0.1) is 0 Å². The Morgan fingerprint density at radius 2 is 2.12 bits per heavy atom. The van der Waals surface area contributed by atoms with Crippen LogP contribution in [0.4, 0.5) is 10.5 Å². The lowest BCUT2D eigenvalue weighted by Gasteiger charge is -2.11. The van der Waals surface area contributed by atoms with Crippen LogP contribution in [-0.2, 0) is 0 Å². The summed E-state index contributed by atoms with van der Waals surface area (Å²) in [6.07, 6.45) is 0. The maximum absolute atomic E-state index is 11.5. The second-order valence-corrected chi connectivity index (χ2v) is 4.05. The molecule has 0 radical (unpaired) electrons. The summed E-state index contributed by atoms with van der Waals surface area (Å²) in [5, 5.41) is 5.58. The van der Waals surface area contributed by atoms with E-state index in [1.165, 1.54) is 0 Å². The molecule has 1 aromatic carbocycles. The van der Waals surface area contributed by atoms with Gasteiger partial charge in [0, 0.05) is 18.8 Å². The highest BCUT2D eigenvalue weighted by molar-refractivity contribution is 5.89. The number of likely N-dealkylation sites (N-methyl/N-ethyl adjacent to an activating group) is 1. The lowest BCUT2D eigenvalue weighted by molar-refractivity contribution is 0.250. The van der Waals surface area contributed by atoms with E-state index in [4.69, 9.17) is 0 Å². The Morgan fingerprint density at radius 1 is 1.38 bits per heavy atom. The molecule has 4 nitrogen and oxygen atoms in total. The standard InChI is InChI=1S/C12H19N3O/c1-10-5-4-6-11(9-10)14-12(16)13-7-8-15(2)3/h4-6,9H,7-8H2,1-3H3,(H2,13,14,16). The summed E-state index contributed by atoms with van der Waals surface area (Å²) >= 11 is 0. The second kappa shape index (κ2) is 6.12. The Balaban J connectivity index is 2.34. The van der Waals surface area contributed by atoms with E-state index in [-0.39, 0.29) is 6.03 Å². The van der Waals surface area contributed by atoms with Gasteiger partial charge in [-0.1, -0.05) is 12.1 Å². The van der Waals surface area contributed by atoms with Gasteiger partial charge in [-0.05, 0) is 38.7 Å². The largest absolute Gasteiger partial charge is 0.337 e. The van der Waals surface area contributed by atoms with Crippen LogP contribution < -0.4 is 10.6 Å². The topological polar surface area (TPSA) is 44.4 Å². The Hall–Kier alpha value is -1.55. The molecular formula is C12H19N3O. The van der Waals surface area contributed by atoms with E-state index in [2.05, 4.69) is 10.6 Å². The number of rotatable bonds is 4. The number of hydrogen-bond donors (Lipinski definition) is 2. The van der Waals surface area contributed by atoms with Gasteiger partial charge in [0.15, 0.2) is 0 Å². The fourth-order valence-corrected chi connectivity index (χ4v) is 1.29. The van der Waals surface area contributed by atoms with Crippen molar-refractivity contribution in [1.29, 1.82) is 0 Å². The number of amides is 2. The summed E-state index contributed by atoms with van der Waals surface area (Å²) in [6.45, 7) is 3.47. The van der Waals surface area contributed by atoms with E-state index >= 15 is 0 Å². The number of benzene rings is 1. The third-order valence-corrected chi connectivity index (χ3v) is 2.12. The Bertz CT molecular complexity index is 350. The van der Waals surface area contributed by atoms with Crippen LogP contribution in [0.1, 0.15) is 5.56 Å². The first-order chi connectivity index (χ1) is 7.58. The first kappa shape index (κ1) is 12.5. The van der Waals surface area contributed by atoms with Gasteiger partial charge in [0.1, 0.15) is 0 Å². The van der Waals surface area contributed by atoms with Crippen LogP contribution >= 0.6 is 0 Å². The summed E-state index contributed by atoms with van der Waals surface area (Å²) in [7, 11) is 3.94. The first-order valence-corrected chi connectivity index (χ1v) is 5.34. The molecule has 0 aliphatic rings. The van der Waals surface area contributed by atoms with Gasteiger partial charge < -0.3 is 15.5 Å². The maximum atomic E-state index is 11.5. The fraction of sp³-hybridized carbons (Fsp3) is 0.417. The highest BCUT2D eigenvalue weighted by Crippen LogP contribution is 2.08. The van der Waals surface area contributed by atoms with Crippen molar-refractivity contribution in [3.8, 4) is 0 Å². The molecule has 88 valence electrons. The molecule has 0 fully saturated rings. The van der Waals surface area contributed by atoms with E-state index in [1.54, 1.807) is 0 Å². The van der Waals surface area contributed by atoms with Crippen LogP contribution in [0.3, 0.4) is 0 Å². The van der Waals surface area contributed by atoms with Gasteiger partial charge in [-0.15, -0.1) is 0 Å². The number of anilines is 1. The van der Waals surface area contributed by atoms with Crippen LogP contribution in [-0.4, -0.2) is 38.1 Å². The zero-order valence-corrected chi connectivity index (χ0v) is 10.1. The molecule has 0 unspecified atom stereocenters. The number of nitrogens with one attached hydrogen (secondary N) is 2. The molecule has 0 heterocycles. The molecule has 0 aliphatic heterocycles. The molecule has 16 heavy (non-hydrogen) atoms. The van der Waals surface area contributed by atoms with Crippen molar-refractivity contribution in [2.45, 2.75) is 6.92 Å². The molecule has 0 bridgehead atoms. The molecule has 0 aromatic heterocycles. The smallest absolute Gasteiger partial charge is 0.319 e. The average molecular weight is 221 g/mol. The molecule has 1 aromatic rings. The zero-order valence-electron chi connectivity index (χ0n) is 10.1. The van der Waals surface area contributed by atoms with Crippen LogP contribution in [0, 0.1) is 6.92 Å². The van der Waals surface area contributed by atoms with Gasteiger partial charge in [0.25, 0.3) is 0 Å². The predicted molar refractivity (Wildman–Crippen MR) is 66.8 cm³/mol. The van der Waals surface area contributed by atoms with Crippen molar-refractivity contribution in [2.75, 3.05) is 32.5 Å². The normalized spacial score (nSPS) is 10.2. The SMILES string of the molecule is Cc1cccc(NC(=O)NCCN(C)C)c1. The zero-order chi connectivity index (χ0) is 12.0. The molecule has 2 amide bonds. The van der Waals surface area contributed by atoms with E-state index in [1.807, 2.05) is 50.2 Å². The Morgan fingerprint density at radius 3 is 2.75 bits per heavy atom. The highest BCUT2D eigenvalue weighted by Gasteiger charge is 2.00. The number of aryl methyl sites for hydroxylation is 1. The van der Waals surface area contributed by atoms with Crippen LogP contribution in [0.15, 0.2) is 24.3 Å². The molecule has 0 aliphatic carbocycles. The molecule has 0 saturated heterocycles. The van der Waals surface area contributed by atoms with Crippen molar-refractivity contribution in [3.05, 3.63) is 29.8 Å². The maximum Gasteiger partial charge on any atom is 0.319 e. The predicted octanol–water partition coefficient (Wildman–Crippen LogP) is 1.68. The summed E-state index contributed by atoms with van der Waals surface area (Å²) < 4.78 is 0. The lowest BCUT2D eigenvalue weighted by Crippen LogP contribution is -2.34. The number of urea groups is 1. The van der Waals surface area contributed by atoms with Crippen molar-refractivity contribution in [2.24, 2.45) is 0 Å². The van der Waals surface area contributed by atoms with E-state index in [0.717, 1.165) is 17.8 Å². The summed E-state index contributed by atoms with van der Waals surface area (Å²) in [4.78, 5) is 13.5. The Kier molecular flexibility index (Phi) is 4.79. The minimum Gasteiger partial charge on any atom is -0.337 e. The average Bonchev–Trinajstić information content (AvgIpc) is 2.16. The monoisotopic (exact) mass is 221 g/mol. The number of hydrogen-bond acceptors (Lipinski definition) is 2.